The average molecular weight is 513 g/mol. The Labute approximate surface area is 190 Å². The number of hydrogen-bond acceptors (Lipinski definition) is 5. The Morgan fingerprint density at radius 2 is 1.79 bits per heavy atom. The fraction of sp³-hybridized carbons (Fsp3) is 0.524. The zero-order valence-electron chi connectivity index (χ0n) is 17.7. The minimum Gasteiger partial charge on any atom is -0.507 e. The molecule has 29 heavy (non-hydrogen) atoms. The Hall–Kier alpha value is -1.81. The summed E-state index contributed by atoms with van der Waals surface area (Å²) in [5, 5.41) is 17.5. The van der Waals surface area contributed by atoms with Crippen LogP contribution in [0, 0.1) is 20.8 Å². The Morgan fingerprint density at radius 1 is 1.14 bits per heavy atom. The molecule has 3 rings (SSSR count). The molecule has 1 aromatic carbocycles. The topological polar surface area (TPSA) is 77.1 Å². The number of guanidine groups is 1. The molecule has 160 valence electrons. The van der Waals surface area contributed by atoms with Gasteiger partial charge in [-0.05, 0) is 44.4 Å². The van der Waals surface area contributed by atoms with Crippen LogP contribution in [0.5, 0.6) is 5.75 Å². The number of phenols is 1. The summed E-state index contributed by atoms with van der Waals surface area (Å²) in [6, 6.07) is 6.01. The van der Waals surface area contributed by atoms with E-state index in [1.165, 1.54) is 0 Å². The van der Waals surface area contributed by atoms with E-state index in [-0.39, 0.29) is 24.0 Å². The van der Waals surface area contributed by atoms with Crippen LogP contribution in [0.3, 0.4) is 0 Å². The van der Waals surface area contributed by atoms with E-state index in [4.69, 9.17) is 9.52 Å². The predicted molar refractivity (Wildman–Crippen MR) is 126 cm³/mol. The number of phenolic OH excluding ortho intramolecular Hbond substituents is 1. The van der Waals surface area contributed by atoms with E-state index in [1.807, 2.05) is 39.0 Å². The van der Waals surface area contributed by atoms with Crippen molar-refractivity contribution in [1.82, 2.24) is 20.3 Å². The van der Waals surface area contributed by atoms with Crippen molar-refractivity contribution in [3.63, 3.8) is 0 Å². The number of nitrogens with one attached hydrogen (secondary N) is 1. The molecule has 0 amide bonds. The fourth-order valence-electron chi connectivity index (χ4n) is 3.57. The van der Waals surface area contributed by atoms with E-state index >= 15 is 0 Å². The molecule has 2 heterocycles. The summed E-state index contributed by atoms with van der Waals surface area (Å²) in [6.07, 6.45) is 0. The molecule has 0 spiro atoms. The van der Waals surface area contributed by atoms with Crippen LogP contribution in [-0.4, -0.2) is 58.7 Å². The van der Waals surface area contributed by atoms with Crippen molar-refractivity contribution in [3.05, 3.63) is 46.3 Å². The molecular weight excluding hydrogens is 481 g/mol. The van der Waals surface area contributed by atoms with Crippen LogP contribution < -0.4 is 5.32 Å². The monoisotopic (exact) mass is 513 g/mol. The summed E-state index contributed by atoms with van der Waals surface area (Å²) in [5.74, 6) is 2.18. The summed E-state index contributed by atoms with van der Waals surface area (Å²) in [4.78, 5) is 9.54. The van der Waals surface area contributed by atoms with Gasteiger partial charge in [-0.2, -0.15) is 0 Å². The van der Waals surface area contributed by atoms with E-state index in [1.54, 1.807) is 0 Å². The van der Waals surface area contributed by atoms with Crippen molar-refractivity contribution >= 4 is 29.9 Å². The van der Waals surface area contributed by atoms with E-state index < -0.39 is 0 Å². The van der Waals surface area contributed by atoms with Crippen LogP contribution in [0.15, 0.2) is 27.7 Å². The first-order valence-corrected chi connectivity index (χ1v) is 9.93. The summed E-state index contributed by atoms with van der Waals surface area (Å²) >= 11 is 0. The van der Waals surface area contributed by atoms with Gasteiger partial charge in [0, 0.05) is 45.3 Å². The molecule has 1 saturated heterocycles. The zero-order valence-corrected chi connectivity index (χ0v) is 20.1. The summed E-state index contributed by atoms with van der Waals surface area (Å²) in [5.41, 5.74) is 3.90. The van der Waals surface area contributed by atoms with Crippen molar-refractivity contribution in [2.75, 3.05) is 32.7 Å². The smallest absolute Gasteiger partial charge is 0.194 e. The van der Waals surface area contributed by atoms with Gasteiger partial charge in [-0.15, -0.1) is 24.0 Å². The van der Waals surface area contributed by atoms with Gasteiger partial charge in [0.2, 0.25) is 0 Å². The molecular formula is C21H32IN5O2. The molecule has 1 fully saturated rings. The second-order valence-corrected chi connectivity index (χ2v) is 7.44. The van der Waals surface area contributed by atoms with Gasteiger partial charge in [-0.1, -0.05) is 17.3 Å². The normalized spacial score (nSPS) is 15.3. The Kier molecular flexibility index (Phi) is 8.76. The first-order valence-electron chi connectivity index (χ1n) is 9.93. The lowest BCUT2D eigenvalue weighted by Gasteiger charge is -2.36. The number of aryl methyl sites for hydroxylation is 3. The number of rotatable bonds is 5. The van der Waals surface area contributed by atoms with Gasteiger partial charge in [0.1, 0.15) is 11.5 Å². The lowest BCUT2D eigenvalue weighted by atomic mass is 10.1. The molecule has 7 nitrogen and oxygen atoms in total. The van der Waals surface area contributed by atoms with Crippen LogP contribution in [0.4, 0.5) is 0 Å². The molecule has 1 aromatic heterocycles. The van der Waals surface area contributed by atoms with E-state index in [2.05, 4.69) is 27.2 Å². The highest BCUT2D eigenvalue weighted by atomic mass is 127. The van der Waals surface area contributed by atoms with Gasteiger partial charge in [0.15, 0.2) is 5.96 Å². The van der Waals surface area contributed by atoms with E-state index in [0.717, 1.165) is 73.4 Å². The van der Waals surface area contributed by atoms with E-state index in [0.29, 0.717) is 12.3 Å². The van der Waals surface area contributed by atoms with Crippen molar-refractivity contribution < 1.29 is 9.63 Å². The SMILES string of the molecule is CCNC(=NCc1cc(C)c(O)c(C)c1)N1CCN(Cc2cc(C)on2)CC1.I. The molecule has 0 bridgehead atoms. The molecule has 0 saturated carbocycles. The van der Waals surface area contributed by atoms with Crippen LogP contribution in [0.25, 0.3) is 0 Å². The fourth-order valence-corrected chi connectivity index (χ4v) is 3.57. The first-order chi connectivity index (χ1) is 13.5. The highest BCUT2D eigenvalue weighted by molar-refractivity contribution is 14.0. The standard InChI is InChI=1S/C21H31N5O2.HI/c1-5-22-21(23-13-18-10-15(2)20(27)16(3)11-18)26-8-6-25(7-9-26)14-19-12-17(4)28-24-19;/h10-12,27H,5-9,13-14H2,1-4H3,(H,22,23);1H. The minimum atomic E-state index is 0. The van der Waals surface area contributed by atoms with Gasteiger partial charge in [0.05, 0.1) is 12.2 Å². The highest BCUT2D eigenvalue weighted by Gasteiger charge is 2.20. The Bertz CT molecular complexity index is 805. The maximum atomic E-state index is 9.96. The highest BCUT2D eigenvalue weighted by Crippen LogP contribution is 2.23. The number of aliphatic imine (C=N–C) groups is 1. The van der Waals surface area contributed by atoms with Crippen molar-refractivity contribution in [2.45, 2.75) is 40.8 Å². The summed E-state index contributed by atoms with van der Waals surface area (Å²) in [6.45, 7) is 13.9. The number of hydrogen-bond donors (Lipinski definition) is 2. The second kappa shape index (κ2) is 10.8. The average Bonchev–Trinajstić information content (AvgIpc) is 3.08. The molecule has 0 atom stereocenters. The second-order valence-electron chi connectivity index (χ2n) is 7.44. The number of aromatic nitrogens is 1. The number of piperazine rings is 1. The molecule has 2 N–H and O–H groups in total. The van der Waals surface area contributed by atoms with Crippen LogP contribution in [0.1, 0.15) is 35.1 Å². The molecule has 1 aliphatic heterocycles. The number of nitrogens with zero attached hydrogens (tertiary/aromatic N) is 4. The Morgan fingerprint density at radius 3 is 2.34 bits per heavy atom. The van der Waals surface area contributed by atoms with Crippen molar-refractivity contribution in [1.29, 1.82) is 0 Å². The predicted octanol–water partition coefficient (Wildman–Crippen LogP) is 3.21. The zero-order chi connectivity index (χ0) is 20.1. The molecule has 8 heteroatoms. The van der Waals surface area contributed by atoms with E-state index in [9.17, 15) is 5.11 Å². The minimum absolute atomic E-state index is 0. The molecule has 1 aliphatic rings. The largest absolute Gasteiger partial charge is 0.507 e. The van der Waals surface area contributed by atoms with Gasteiger partial charge < -0.3 is 19.8 Å². The third-order valence-electron chi connectivity index (χ3n) is 5.03. The third-order valence-corrected chi connectivity index (χ3v) is 5.03. The van der Waals surface area contributed by atoms with Crippen molar-refractivity contribution in [3.8, 4) is 5.75 Å². The van der Waals surface area contributed by atoms with Crippen LogP contribution in [-0.2, 0) is 13.1 Å². The first kappa shape index (κ1) is 23.5. The lowest BCUT2D eigenvalue weighted by molar-refractivity contribution is 0.169. The van der Waals surface area contributed by atoms with Gasteiger partial charge in [0.25, 0.3) is 0 Å². The maximum Gasteiger partial charge on any atom is 0.194 e. The molecule has 0 unspecified atom stereocenters. The molecule has 0 radical (unpaired) electrons. The van der Waals surface area contributed by atoms with Gasteiger partial charge >= 0.3 is 0 Å². The van der Waals surface area contributed by atoms with Crippen LogP contribution in [0.2, 0.25) is 0 Å². The van der Waals surface area contributed by atoms with Gasteiger partial charge in [-0.3, -0.25) is 4.90 Å². The number of benzene rings is 1. The van der Waals surface area contributed by atoms with Crippen molar-refractivity contribution in [2.24, 2.45) is 4.99 Å². The lowest BCUT2D eigenvalue weighted by Crippen LogP contribution is -2.52. The third kappa shape index (κ3) is 6.33. The summed E-state index contributed by atoms with van der Waals surface area (Å²) < 4.78 is 5.16. The van der Waals surface area contributed by atoms with Crippen LogP contribution >= 0.6 is 24.0 Å². The Balaban J connectivity index is 0.00000300. The number of aromatic hydroxyl groups is 1. The van der Waals surface area contributed by atoms with Gasteiger partial charge in [-0.25, -0.2) is 4.99 Å². The maximum absolute atomic E-state index is 9.96. The number of halogens is 1. The molecule has 2 aromatic rings. The molecule has 0 aliphatic carbocycles. The quantitative estimate of drug-likeness (QED) is 0.364. The summed E-state index contributed by atoms with van der Waals surface area (Å²) in [7, 11) is 0.